The van der Waals surface area contributed by atoms with Crippen molar-refractivity contribution in [1.82, 2.24) is 4.31 Å². The Bertz CT molecular complexity index is 719. The predicted octanol–water partition coefficient (Wildman–Crippen LogP) is 0.102. The fraction of sp³-hybridized carbons (Fsp3) is 0.611. The summed E-state index contributed by atoms with van der Waals surface area (Å²) in [6.45, 7) is 7.21. The molecule has 7 nitrogen and oxygen atoms in total. The van der Waals surface area contributed by atoms with Crippen LogP contribution in [0.15, 0.2) is 29.2 Å². The summed E-state index contributed by atoms with van der Waals surface area (Å²) < 4.78 is 32.2. The van der Waals surface area contributed by atoms with E-state index in [9.17, 15) is 13.2 Å². The van der Waals surface area contributed by atoms with Gasteiger partial charge in [-0.25, -0.2) is 8.42 Å². The molecule has 144 valence electrons. The molecule has 2 aliphatic heterocycles. The summed E-state index contributed by atoms with van der Waals surface area (Å²) in [6.07, 6.45) is 2.12. The number of carbonyl (C=O) groups excluding carboxylic acids is 1. The van der Waals surface area contributed by atoms with Crippen LogP contribution in [0, 0.1) is 0 Å². The highest BCUT2D eigenvalue weighted by Crippen LogP contribution is 2.22. The number of nitrogens with one attached hydrogen (secondary N) is 2. The number of ether oxygens (including phenoxy) is 1. The van der Waals surface area contributed by atoms with Gasteiger partial charge in [0.25, 0.3) is 5.91 Å². The third kappa shape index (κ3) is 4.62. The van der Waals surface area contributed by atoms with Crippen LogP contribution in [-0.2, 0) is 19.6 Å². The maximum absolute atomic E-state index is 12.5. The lowest BCUT2D eigenvalue weighted by Gasteiger charge is -2.31. The largest absolute Gasteiger partial charge is 0.364 e. The molecular formula is C18H28N3O4S+. The van der Waals surface area contributed by atoms with Crippen LogP contribution in [0.4, 0.5) is 5.69 Å². The minimum atomic E-state index is -3.42. The van der Waals surface area contributed by atoms with Gasteiger partial charge in [-0.2, -0.15) is 4.31 Å². The third-order valence-corrected chi connectivity index (χ3v) is 6.78. The first-order valence-corrected chi connectivity index (χ1v) is 10.7. The number of carbonyl (C=O) groups is 1. The molecular weight excluding hydrogens is 354 g/mol. The smallest absolute Gasteiger partial charge is 0.279 e. The van der Waals surface area contributed by atoms with Gasteiger partial charge < -0.3 is 15.0 Å². The number of hydrogen-bond acceptors (Lipinski definition) is 4. The fourth-order valence-corrected chi connectivity index (χ4v) is 5.27. The van der Waals surface area contributed by atoms with Crippen LogP contribution >= 0.6 is 0 Å². The van der Waals surface area contributed by atoms with Crippen LogP contribution in [0.1, 0.15) is 26.7 Å². The zero-order valence-electron chi connectivity index (χ0n) is 15.4. The molecule has 0 saturated carbocycles. The number of amides is 1. The molecule has 2 atom stereocenters. The van der Waals surface area contributed by atoms with E-state index in [4.69, 9.17) is 4.74 Å². The Morgan fingerprint density at radius 3 is 2.31 bits per heavy atom. The topological polar surface area (TPSA) is 80.2 Å². The molecule has 0 aromatic heterocycles. The second-order valence-electron chi connectivity index (χ2n) is 7.28. The van der Waals surface area contributed by atoms with Crippen LogP contribution in [-0.4, -0.2) is 63.6 Å². The van der Waals surface area contributed by atoms with Gasteiger partial charge in [-0.3, -0.25) is 4.79 Å². The van der Waals surface area contributed by atoms with Gasteiger partial charge in [0.05, 0.1) is 4.90 Å². The van der Waals surface area contributed by atoms with E-state index in [1.807, 2.05) is 13.8 Å². The maximum atomic E-state index is 12.5. The van der Waals surface area contributed by atoms with Gasteiger partial charge >= 0.3 is 0 Å². The van der Waals surface area contributed by atoms with Gasteiger partial charge in [0, 0.05) is 18.8 Å². The monoisotopic (exact) mass is 382 g/mol. The number of sulfonamides is 1. The van der Waals surface area contributed by atoms with E-state index < -0.39 is 10.0 Å². The number of rotatable bonds is 5. The second kappa shape index (κ2) is 8.04. The number of benzene rings is 1. The quantitative estimate of drug-likeness (QED) is 0.757. The Balaban J connectivity index is 1.58. The number of quaternary nitrogens is 1. The first-order valence-electron chi connectivity index (χ1n) is 9.23. The first-order chi connectivity index (χ1) is 12.3. The van der Waals surface area contributed by atoms with Crippen molar-refractivity contribution in [3.8, 4) is 0 Å². The van der Waals surface area contributed by atoms with E-state index in [1.54, 1.807) is 24.3 Å². The van der Waals surface area contributed by atoms with Gasteiger partial charge in [0.1, 0.15) is 25.3 Å². The molecule has 0 spiro atoms. The lowest BCUT2D eigenvalue weighted by Crippen LogP contribution is -3.16. The zero-order chi connectivity index (χ0) is 18.7. The summed E-state index contributed by atoms with van der Waals surface area (Å²) in [7, 11) is -3.42. The maximum Gasteiger partial charge on any atom is 0.279 e. The Labute approximate surface area is 155 Å². The van der Waals surface area contributed by atoms with E-state index in [1.165, 1.54) is 9.21 Å². The number of morpholine rings is 1. The Morgan fingerprint density at radius 2 is 1.73 bits per heavy atom. The van der Waals surface area contributed by atoms with Crippen molar-refractivity contribution in [2.24, 2.45) is 0 Å². The van der Waals surface area contributed by atoms with Crippen LogP contribution in [0.5, 0.6) is 0 Å². The zero-order valence-corrected chi connectivity index (χ0v) is 16.2. The highest BCUT2D eigenvalue weighted by molar-refractivity contribution is 7.89. The van der Waals surface area contributed by atoms with E-state index in [2.05, 4.69) is 5.32 Å². The van der Waals surface area contributed by atoms with E-state index in [0.717, 1.165) is 25.9 Å². The standard InChI is InChI=1S/C18H27N3O4S/c1-14-11-20(12-15(2)25-14)13-18(22)19-16-5-7-17(8-6-16)26(23,24)21-9-3-4-10-21/h5-8,14-15H,3-4,9-13H2,1-2H3,(H,19,22)/p+1/t14-,15-/m1/s1. The number of hydrogen-bond donors (Lipinski definition) is 2. The van der Waals surface area contributed by atoms with Crippen molar-refractivity contribution in [2.75, 3.05) is 38.0 Å². The SMILES string of the molecule is C[C@@H]1C[NH+](CC(=O)Nc2ccc(S(=O)(=O)N3CCCC3)cc2)C[C@@H](C)O1. The predicted molar refractivity (Wildman–Crippen MR) is 98.6 cm³/mol. The van der Waals surface area contributed by atoms with Gasteiger partial charge in [-0.15, -0.1) is 0 Å². The van der Waals surface area contributed by atoms with Crippen molar-refractivity contribution in [2.45, 2.75) is 43.8 Å². The summed E-state index contributed by atoms with van der Waals surface area (Å²) in [5.74, 6) is -0.0727. The Morgan fingerprint density at radius 1 is 1.15 bits per heavy atom. The Hall–Kier alpha value is -1.48. The molecule has 1 amide bonds. The molecule has 0 aliphatic carbocycles. The average molecular weight is 383 g/mol. The molecule has 0 radical (unpaired) electrons. The Kier molecular flexibility index (Phi) is 5.96. The second-order valence-corrected chi connectivity index (χ2v) is 9.21. The highest BCUT2D eigenvalue weighted by atomic mass is 32.2. The molecule has 26 heavy (non-hydrogen) atoms. The van der Waals surface area contributed by atoms with Crippen LogP contribution < -0.4 is 10.2 Å². The van der Waals surface area contributed by atoms with Gasteiger partial charge in [0.15, 0.2) is 6.54 Å². The molecule has 2 N–H and O–H groups in total. The minimum Gasteiger partial charge on any atom is -0.364 e. The molecule has 1 aromatic rings. The normalized spacial score (nSPS) is 27.4. The van der Waals surface area contributed by atoms with E-state index >= 15 is 0 Å². The molecule has 8 heteroatoms. The van der Waals surface area contributed by atoms with E-state index in [0.29, 0.717) is 25.3 Å². The summed E-state index contributed by atoms with van der Waals surface area (Å²) >= 11 is 0. The summed E-state index contributed by atoms with van der Waals surface area (Å²) in [5, 5.41) is 2.86. The lowest BCUT2D eigenvalue weighted by atomic mass is 10.2. The number of anilines is 1. The first kappa shape index (κ1) is 19.3. The van der Waals surface area contributed by atoms with Crippen molar-refractivity contribution in [3.63, 3.8) is 0 Å². The van der Waals surface area contributed by atoms with Crippen LogP contribution in [0.3, 0.4) is 0 Å². The van der Waals surface area contributed by atoms with Crippen molar-refractivity contribution >= 4 is 21.6 Å². The molecule has 2 fully saturated rings. The molecule has 0 unspecified atom stereocenters. The van der Waals surface area contributed by atoms with Crippen LogP contribution in [0.25, 0.3) is 0 Å². The summed E-state index contributed by atoms with van der Waals surface area (Å²) in [5.41, 5.74) is 0.615. The van der Waals surface area contributed by atoms with Gasteiger partial charge in [-0.1, -0.05) is 0 Å². The average Bonchev–Trinajstić information content (AvgIpc) is 3.09. The van der Waals surface area contributed by atoms with E-state index in [-0.39, 0.29) is 23.0 Å². The fourth-order valence-electron chi connectivity index (χ4n) is 3.75. The highest BCUT2D eigenvalue weighted by Gasteiger charge is 2.28. The van der Waals surface area contributed by atoms with Crippen molar-refractivity contribution < 1.29 is 22.8 Å². The third-order valence-electron chi connectivity index (χ3n) is 4.87. The van der Waals surface area contributed by atoms with Crippen molar-refractivity contribution in [1.29, 1.82) is 0 Å². The summed E-state index contributed by atoms with van der Waals surface area (Å²) in [6, 6.07) is 6.44. The molecule has 2 saturated heterocycles. The van der Waals surface area contributed by atoms with Crippen molar-refractivity contribution in [3.05, 3.63) is 24.3 Å². The summed E-state index contributed by atoms with van der Waals surface area (Å²) in [4.78, 5) is 13.8. The number of nitrogens with zero attached hydrogens (tertiary/aromatic N) is 1. The molecule has 1 aromatic carbocycles. The van der Waals surface area contributed by atoms with Gasteiger partial charge in [0.2, 0.25) is 10.0 Å². The molecule has 0 bridgehead atoms. The molecule has 3 rings (SSSR count). The molecule has 2 aliphatic rings. The molecule has 2 heterocycles. The van der Waals surface area contributed by atoms with Crippen LogP contribution in [0.2, 0.25) is 0 Å². The minimum absolute atomic E-state index is 0.0727. The lowest BCUT2D eigenvalue weighted by molar-refractivity contribution is -0.907. The van der Waals surface area contributed by atoms with Gasteiger partial charge in [-0.05, 0) is 51.0 Å².